The number of alkyl halides is 3. The summed E-state index contributed by atoms with van der Waals surface area (Å²) in [5.74, 6) is 0. The van der Waals surface area contributed by atoms with E-state index in [2.05, 4.69) is 0 Å². The van der Waals surface area contributed by atoms with Crippen LogP contribution in [-0.2, 0) is 0 Å². The summed E-state index contributed by atoms with van der Waals surface area (Å²) in [5, 5.41) is 0. The van der Waals surface area contributed by atoms with E-state index in [4.69, 9.17) is 0 Å². The molecule has 0 atom stereocenters. The zero-order valence-electron chi connectivity index (χ0n) is 7.04. The van der Waals surface area contributed by atoms with Gasteiger partial charge in [-0.25, -0.2) is 0 Å². The molecule has 0 aliphatic heterocycles. The van der Waals surface area contributed by atoms with Crippen LogP contribution < -0.4 is 0 Å². The van der Waals surface area contributed by atoms with Crippen molar-refractivity contribution >= 4 is 21.4 Å². The molecule has 0 aliphatic rings. The monoisotopic (exact) mass is 270 g/mol. The van der Waals surface area contributed by atoms with Crippen molar-refractivity contribution in [2.24, 2.45) is 0 Å². The van der Waals surface area contributed by atoms with Gasteiger partial charge in [0.1, 0.15) is 0 Å². The van der Waals surface area contributed by atoms with Crippen LogP contribution in [0.4, 0.5) is 13.2 Å². The zero-order valence-corrected chi connectivity index (χ0v) is 10.3. The van der Waals surface area contributed by atoms with Crippen LogP contribution in [0.25, 0.3) is 0 Å². The summed E-state index contributed by atoms with van der Waals surface area (Å²) in [4.78, 5) is 0. The van der Waals surface area contributed by atoms with Gasteiger partial charge in [0.05, 0.1) is 0 Å². The maximum absolute atomic E-state index is 11.7. The summed E-state index contributed by atoms with van der Waals surface area (Å²) in [6.07, 6.45) is -4.45. The van der Waals surface area contributed by atoms with Crippen LogP contribution in [0.5, 0.6) is 0 Å². The van der Waals surface area contributed by atoms with E-state index < -0.39 is 34.0 Å². The van der Waals surface area contributed by atoms with Crippen molar-refractivity contribution in [3.63, 3.8) is 0 Å². The van der Waals surface area contributed by atoms with Gasteiger partial charge in [-0.15, -0.1) is 0 Å². The molecule has 0 spiro atoms. The molecule has 0 rings (SSSR count). The Bertz CT molecular complexity index is 96.3. The molecule has 0 heterocycles. The van der Waals surface area contributed by atoms with Crippen molar-refractivity contribution in [2.75, 3.05) is 0 Å². The van der Waals surface area contributed by atoms with E-state index in [9.17, 15) is 13.2 Å². The molecule has 0 aliphatic carbocycles. The van der Waals surface area contributed by atoms with Gasteiger partial charge in [0, 0.05) is 0 Å². The fourth-order valence-electron chi connectivity index (χ4n) is 1.06. The van der Waals surface area contributed by atoms with E-state index >= 15 is 0 Å². The third kappa shape index (κ3) is 7.04. The Morgan fingerprint density at radius 3 is 1.82 bits per heavy atom. The number of hydrogen-bond acceptors (Lipinski definition) is 0. The van der Waals surface area contributed by atoms with E-state index in [0.717, 1.165) is 8.35 Å². The van der Waals surface area contributed by atoms with Crippen molar-refractivity contribution in [2.45, 2.75) is 39.0 Å². The van der Waals surface area contributed by atoms with Crippen molar-refractivity contribution in [1.82, 2.24) is 0 Å². The van der Waals surface area contributed by atoms with Gasteiger partial charge < -0.3 is 0 Å². The van der Waals surface area contributed by atoms with Crippen molar-refractivity contribution < 1.29 is 13.2 Å². The van der Waals surface area contributed by atoms with E-state index in [-0.39, 0.29) is 0 Å². The van der Waals surface area contributed by atoms with Gasteiger partial charge in [-0.2, -0.15) is 0 Å². The Balaban J connectivity index is 3.51. The van der Waals surface area contributed by atoms with Gasteiger partial charge >= 0.3 is 73.6 Å². The molecule has 0 aromatic carbocycles. The first-order valence-electron chi connectivity index (χ1n) is 4.06. The predicted molar refractivity (Wildman–Crippen MR) is 42.2 cm³/mol. The molecule has 0 bridgehead atoms. The van der Waals surface area contributed by atoms with Crippen LogP contribution in [0.3, 0.4) is 0 Å². The number of hydrogen-bond donors (Lipinski definition) is 0. The fourth-order valence-corrected chi connectivity index (χ4v) is 7.14. The topological polar surface area (TPSA) is 0 Å². The minimum absolute atomic E-state index is 0.498. The summed E-state index contributed by atoms with van der Waals surface area (Å²) in [5.41, 5.74) is 0. The second-order valence-corrected chi connectivity index (χ2v) is 14.1. The molecular weight excluding hydrogens is 256 g/mol. The van der Waals surface area contributed by atoms with E-state index in [1.807, 2.05) is 13.8 Å². The molecule has 0 saturated carbocycles. The van der Waals surface area contributed by atoms with Gasteiger partial charge in [0.25, 0.3) is 0 Å². The Kier molecular flexibility index (Phi) is 5.65. The summed E-state index contributed by atoms with van der Waals surface area (Å²) in [6.45, 7) is 4.06. The fraction of sp³-hybridized carbons (Fsp3) is 1.00. The molecule has 0 amide bonds. The standard InChI is InChI=1S/C3H4F3.2C2H5.In/c1-2-3(4,5)6;2*1-2;/h1-2H2;2*1H2,2H3;. The first-order chi connectivity index (χ1) is 4.99. The van der Waals surface area contributed by atoms with Crippen LogP contribution >= 0.6 is 0 Å². The Hall–Kier alpha value is 0.660. The molecule has 0 aromatic heterocycles. The Morgan fingerprint density at radius 1 is 1.09 bits per heavy atom. The molecule has 11 heavy (non-hydrogen) atoms. The number of rotatable bonds is 4. The second-order valence-electron chi connectivity index (χ2n) is 2.84. The summed E-state index contributed by atoms with van der Waals surface area (Å²) < 4.78 is 37.8. The molecule has 0 unspecified atom stereocenters. The second kappa shape index (κ2) is 5.33. The summed E-state index contributed by atoms with van der Waals surface area (Å²) in [6, 6.07) is 0. The Morgan fingerprint density at radius 2 is 1.55 bits per heavy atom. The molecule has 0 radical (unpaired) electrons. The van der Waals surface area contributed by atoms with Gasteiger partial charge in [0.15, 0.2) is 0 Å². The van der Waals surface area contributed by atoms with Crippen molar-refractivity contribution in [1.29, 1.82) is 0 Å². The van der Waals surface area contributed by atoms with Crippen molar-refractivity contribution in [3.05, 3.63) is 0 Å². The molecule has 0 nitrogen and oxygen atoms in total. The number of halogens is 3. The molecule has 4 heteroatoms. The van der Waals surface area contributed by atoms with Crippen LogP contribution in [0.1, 0.15) is 20.3 Å². The molecular formula is C7H14F3In. The average molecular weight is 270 g/mol. The zero-order chi connectivity index (χ0) is 8.91. The molecule has 0 fully saturated rings. The van der Waals surface area contributed by atoms with E-state index in [0.29, 0.717) is 4.18 Å². The van der Waals surface area contributed by atoms with Crippen LogP contribution in [0.15, 0.2) is 0 Å². The maximum atomic E-state index is 11.7. The molecule has 0 N–H and O–H groups in total. The van der Waals surface area contributed by atoms with Gasteiger partial charge in [-0.1, -0.05) is 0 Å². The molecule has 0 saturated heterocycles. The summed E-state index contributed by atoms with van der Waals surface area (Å²) >= 11 is -1.66. The first-order valence-corrected chi connectivity index (χ1v) is 11.1. The third-order valence-corrected chi connectivity index (χ3v) is 11.7. The SMILES string of the molecule is C[CH2][In]([CH2]C)[CH2]CC(F)(F)F. The van der Waals surface area contributed by atoms with Crippen LogP contribution in [-0.4, -0.2) is 27.6 Å². The van der Waals surface area contributed by atoms with Crippen molar-refractivity contribution in [3.8, 4) is 0 Å². The van der Waals surface area contributed by atoms with Crippen LogP contribution in [0, 0.1) is 0 Å². The minimum atomic E-state index is -3.92. The quantitative estimate of drug-likeness (QED) is 0.733. The first kappa shape index (κ1) is 11.7. The van der Waals surface area contributed by atoms with E-state index in [1.54, 1.807) is 0 Å². The average Bonchev–Trinajstić information content (AvgIpc) is 1.88. The molecule has 0 aromatic rings. The third-order valence-electron chi connectivity index (χ3n) is 1.99. The Labute approximate surface area is 73.7 Å². The normalized spacial score (nSPS) is 11.7. The molecule has 66 valence electrons. The van der Waals surface area contributed by atoms with Gasteiger partial charge in [-0.3, -0.25) is 0 Å². The predicted octanol–water partition coefficient (Wildman–Crippen LogP) is 3.47. The summed E-state index contributed by atoms with van der Waals surface area (Å²) in [7, 11) is 0. The van der Waals surface area contributed by atoms with Gasteiger partial charge in [0.2, 0.25) is 0 Å². The van der Waals surface area contributed by atoms with Crippen LogP contribution in [0.2, 0.25) is 12.5 Å². The van der Waals surface area contributed by atoms with Gasteiger partial charge in [-0.05, 0) is 0 Å². The van der Waals surface area contributed by atoms with E-state index in [1.165, 1.54) is 0 Å².